The van der Waals surface area contributed by atoms with E-state index in [0.29, 0.717) is 5.75 Å². The summed E-state index contributed by atoms with van der Waals surface area (Å²) >= 11 is 0. The van der Waals surface area contributed by atoms with Gasteiger partial charge in [0, 0.05) is 34.5 Å². The fourth-order valence-electron chi connectivity index (χ4n) is 2.44. The summed E-state index contributed by atoms with van der Waals surface area (Å²) in [5.41, 5.74) is 2.11. The van der Waals surface area contributed by atoms with E-state index in [0.717, 1.165) is 24.9 Å². The van der Waals surface area contributed by atoms with Gasteiger partial charge in [-0.3, -0.25) is 9.00 Å². The third-order valence-corrected chi connectivity index (χ3v) is 4.43. The first-order chi connectivity index (χ1) is 9.56. The number of carbonyl (C=O) groups excluding carboxylic acids is 1. The van der Waals surface area contributed by atoms with E-state index in [1.54, 1.807) is 6.26 Å². The van der Waals surface area contributed by atoms with Gasteiger partial charge in [0.15, 0.2) is 0 Å². The first-order valence-electron chi connectivity index (χ1n) is 7.01. The number of nitrogens with one attached hydrogen (secondary N) is 2. The van der Waals surface area contributed by atoms with Crippen molar-refractivity contribution in [2.45, 2.75) is 38.3 Å². The minimum Gasteiger partial charge on any atom is -0.324 e. The minimum absolute atomic E-state index is 0.0272. The molecule has 0 saturated carbocycles. The van der Waals surface area contributed by atoms with Gasteiger partial charge >= 0.3 is 0 Å². The highest BCUT2D eigenvalue weighted by Crippen LogP contribution is 2.21. The molecule has 0 bridgehead atoms. The lowest BCUT2D eigenvalue weighted by Gasteiger charge is -2.20. The first-order valence-corrected chi connectivity index (χ1v) is 8.74. The summed E-state index contributed by atoms with van der Waals surface area (Å²) in [7, 11) is -0.778. The second-order valence-electron chi connectivity index (χ2n) is 5.37. The fraction of sp³-hybridized carbons (Fsp3) is 0.533. The molecule has 1 aromatic rings. The molecule has 0 aliphatic carbocycles. The average molecular weight is 294 g/mol. The van der Waals surface area contributed by atoms with Gasteiger partial charge in [0.2, 0.25) is 5.91 Å². The molecule has 1 amide bonds. The molecular formula is C15H22N2O2S. The van der Waals surface area contributed by atoms with Crippen molar-refractivity contribution >= 4 is 22.4 Å². The van der Waals surface area contributed by atoms with Gasteiger partial charge in [0.05, 0.1) is 6.04 Å². The Morgan fingerprint density at radius 2 is 2.20 bits per heavy atom. The van der Waals surface area contributed by atoms with Crippen LogP contribution in [-0.4, -0.2) is 34.2 Å². The van der Waals surface area contributed by atoms with Gasteiger partial charge in [-0.05, 0) is 37.8 Å². The van der Waals surface area contributed by atoms with Crippen molar-refractivity contribution in [3.05, 3.63) is 29.8 Å². The smallest absolute Gasteiger partial charge is 0.241 e. The SMILES string of the molecule is CC(CCS(C)=O)NC1CCc2ccccc2NC1=O. The molecule has 2 N–H and O–H groups in total. The van der Waals surface area contributed by atoms with Crippen LogP contribution in [0.1, 0.15) is 25.3 Å². The second kappa shape index (κ2) is 6.99. The molecule has 5 heteroatoms. The summed E-state index contributed by atoms with van der Waals surface area (Å²) in [4.78, 5) is 12.2. The number of benzene rings is 1. The van der Waals surface area contributed by atoms with Gasteiger partial charge in [-0.25, -0.2) is 0 Å². The summed E-state index contributed by atoms with van der Waals surface area (Å²) < 4.78 is 11.1. The Hall–Kier alpha value is -1.20. The van der Waals surface area contributed by atoms with Crippen LogP contribution in [0.4, 0.5) is 5.69 Å². The van der Waals surface area contributed by atoms with E-state index in [1.165, 1.54) is 5.56 Å². The van der Waals surface area contributed by atoms with E-state index >= 15 is 0 Å². The lowest BCUT2D eigenvalue weighted by Crippen LogP contribution is -2.44. The molecule has 20 heavy (non-hydrogen) atoms. The number of carbonyl (C=O) groups is 1. The van der Waals surface area contributed by atoms with Gasteiger partial charge in [-0.1, -0.05) is 18.2 Å². The van der Waals surface area contributed by atoms with Crippen LogP contribution in [0.3, 0.4) is 0 Å². The predicted molar refractivity (Wildman–Crippen MR) is 83.3 cm³/mol. The zero-order valence-electron chi connectivity index (χ0n) is 12.0. The Labute approximate surface area is 122 Å². The van der Waals surface area contributed by atoms with Gasteiger partial charge in [-0.15, -0.1) is 0 Å². The number of rotatable bonds is 5. The molecular weight excluding hydrogens is 272 g/mol. The van der Waals surface area contributed by atoms with Crippen LogP contribution in [0.2, 0.25) is 0 Å². The molecule has 4 nitrogen and oxygen atoms in total. The van der Waals surface area contributed by atoms with Gasteiger partial charge in [0.25, 0.3) is 0 Å². The van der Waals surface area contributed by atoms with E-state index < -0.39 is 10.8 Å². The average Bonchev–Trinajstić information content (AvgIpc) is 2.56. The Bertz CT molecular complexity index is 504. The van der Waals surface area contributed by atoms with Crippen molar-refractivity contribution in [2.24, 2.45) is 0 Å². The normalized spacial score (nSPS) is 21.5. The van der Waals surface area contributed by atoms with E-state index in [9.17, 15) is 9.00 Å². The highest BCUT2D eigenvalue weighted by atomic mass is 32.2. The first kappa shape index (κ1) is 15.2. The topological polar surface area (TPSA) is 58.2 Å². The molecule has 0 radical (unpaired) electrons. The molecule has 0 fully saturated rings. The number of anilines is 1. The Kier molecular flexibility index (Phi) is 5.31. The predicted octanol–water partition coefficient (Wildman–Crippen LogP) is 1.69. The van der Waals surface area contributed by atoms with E-state index in [2.05, 4.69) is 16.7 Å². The maximum atomic E-state index is 12.2. The fourth-order valence-corrected chi connectivity index (χ4v) is 3.13. The number of para-hydroxylation sites is 1. The molecule has 0 spiro atoms. The monoisotopic (exact) mass is 294 g/mol. The summed E-state index contributed by atoms with van der Waals surface area (Å²) in [6, 6.07) is 7.95. The summed E-state index contributed by atoms with van der Waals surface area (Å²) in [6.45, 7) is 2.04. The lowest BCUT2D eigenvalue weighted by atomic mass is 10.1. The van der Waals surface area contributed by atoms with Crippen LogP contribution >= 0.6 is 0 Å². The van der Waals surface area contributed by atoms with E-state index in [-0.39, 0.29) is 18.0 Å². The zero-order chi connectivity index (χ0) is 14.5. The van der Waals surface area contributed by atoms with Crippen LogP contribution in [0.25, 0.3) is 0 Å². The van der Waals surface area contributed by atoms with Crippen LogP contribution in [0, 0.1) is 0 Å². The standard InChI is InChI=1S/C15H22N2O2S/c1-11(9-10-20(2)19)16-14-8-7-12-5-3-4-6-13(12)17-15(14)18/h3-6,11,14,16H,7-10H2,1-2H3,(H,17,18). The Balaban J connectivity index is 1.94. The minimum atomic E-state index is -0.778. The third kappa shape index (κ3) is 4.15. The molecule has 1 heterocycles. The number of hydrogen-bond acceptors (Lipinski definition) is 3. The van der Waals surface area contributed by atoms with Crippen molar-refractivity contribution in [1.82, 2.24) is 5.32 Å². The van der Waals surface area contributed by atoms with Crippen molar-refractivity contribution in [1.29, 1.82) is 0 Å². The summed E-state index contributed by atoms with van der Waals surface area (Å²) in [5, 5.41) is 6.33. The molecule has 3 unspecified atom stereocenters. The molecule has 0 aromatic heterocycles. The van der Waals surface area contributed by atoms with Crippen molar-refractivity contribution in [3.63, 3.8) is 0 Å². The highest BCUT2D eigenvalue weighted by Gasteiger charge is 2.24. The van der Waals surface area contributed by atoms with Crippen molar-refractivity contribution < 1.29 is 9.00 Å². The van der Waals surface area contributed by atoms with Crippen molar-refractivity contribution in [3.8, 4) is 0 Å². The Morgan fingerprint density at radius 3 is 2.95 bits per heavy atom. The number of fused-ring (bicyclic) bond motifs is 1. The molecule has 2 rings (SSSR count). The highest BCUT2D eigenvalue weighted by molar-refractivity contribution is 7.84. The zero-order valence-corrected chi connectivity index (χ0v) is 12.8. The molecule has 3 atom stereocenters. The van der Waals surface area contributed by atoms with Gasteiger partial charge < -0.3 is 10.6 Å². The molecule has 1 aliphatic heterocycles. The van der Waals surface area contributed by atoms with Gasteiger partial charge in [-0.2, -0.15) is 0 Å². The largest absolute Gasteiger partial charge is 0.324 e. The maximum absolute atomic E-state index is 12.2. The molecule has 110 valence electrons. The second-order valence-corrected chi connectivity index (χ2v) is 6.93. The number of hydrogen-bond donors (Lipinski definition) is 2. The summed E-state index contributed by atoms with van der Waals surface area (Å²) in [6.07, 6.45) is 4.21. The van der Waals surface area contributed by atoms with Crippen molar-refractivity contribution in [2.75, 3.05) is 17.3 Å². The van der Waals surface area contributed by atoms with Crippen LogP contribution in [0.15, 0.2) is 24.3 Å². The van der Waals surface area contributed by atoms with Gasteiger partial charge in [0.1, 0.15) is 0 Å². The molecule has 1 aliphatic rings. The maximum Gasteiger partial charge on any atom is 0.241 e. The van der Waals surface area contributed by atoms with Crippen LogP contribution in [0.5, 0.6) is 0 Å². The number of amides is 1. The molecule has 0 saturated heterocycles. The Morgan fingerprint density at radius 1 is 1.45 bits per heavy atom. The summed E-state index contributed by atoms with van der Waals surface area (Å²) in [5.74, 6) is 0.697. The van der Waals surface area contributed by atoms with E-state index in [4.69, 9.17) is 0 Å². The quantitative estimate of drug-likeness (QED) is 0.869. The molecule has 1 aromatic carbocycles. The third-order valence-electron chi connectivity index (χ3n) is 3.62. The lowest BCUT2D eigenvalue weighted by molar-refractivity contribution is -0.118. The number of aryl methyl sites for hydroxylation is 1. The van der Waals surface area contributed by atoms with E-state index in [1.807, 2.05) is 25.1 Å². The van der Waals surface area contributed by atoms with Crippen LogP contribution < -0.4 is 10.6 Å². The van der Waals surface area contributed by atoms with Crippen LogP contribution in [-0.2, 0) is 22.0 Å².